The number of halogens is 2. The molecule has 1 aromatic rings. The van der Waals surface area contributed by atoms with Crippen LogP contribution in [0.2, 0.25) is 10.0 Å². The number of carbonyl (C=O) groups excluding carboxylic acids is 1. The molecule has 116 valence electrons. The molecular weight excluding hydrogens is 307 g/mol. The van der Waals surface area contributed by atoms with Gasteiger partial charge in [0.2, 0.25) is 0 Å². The molecule has 1 aliphatic rings. The highest BCUT2D eigenvalue weighted by atomic mass is 35.5. The fourth-order valence-electron chi connectivity index (χ4n) is 3.27. The van der Waals surface area contributed by atoms with Gasteiger partial charge in [-0.1, -0.05) is 42.6 Å². The molecule has 21 heavy (non-hydrogen) atoms. The van der Waals surface area contributed by atoms with E-state index in [1.54, 1.807) is 18.2 Å². The van der Waals surface area contributed by atoms with Crippen molar-refractivity contribution in [2.24, 2.45) is 5.92 Å². The van der Waals surface area contributed by atoms with Crippen molar-refractivity contribution in [3.05, 3.63) is 33.8 Å². The number of Topliss-reactive ketones (excluding diaryl/α,β-unsaturated/α-hetero) is 1. The monoisotopic (exact) mass is 328 g/mol. The standard InChI is InChI=1S/C17H22Cl2O2/c1-3-21-17(9-5-6-12(2)11-17)16(20)10-13-14(18)7-4-8-15(13)19/h4,7-8,12H,3,5-6,9-11H2,1-2H3. The van der Waals surface area contributed by atoms with Gasteiger partial charge in [0.15, 0.2) is 5.78 Å². The van der Waals surface area contributed by atoms with Gasteiger partial charge in [-0.15, -0.1) is 0 Å². The number of benzene rings is 1. The van der Waals surface area contributed by atoms with Gasteiger partial charge < -0.3 is 4.74 Å². The molecule has 0 N–H and O–H groups in total. The summed E-state index contributed by atoms with van der Waals surface area (Å²) in [5.74, 6) is 0.613. The van der Waals surface area contributed by atoms with Crippen molar-refractivity contribution in [2.75, 3.05) is 6.61 Å². The van der Waals surface area contributed by atoms with E-state index in [1.165, 1.54) is 0 Å². The van der Waals surface area contributed by atoms with Crippen LogP contribution in [0.1, 0.15) is 45.1 Å². The average molecular weight is 329 g/mol. The Morgan fingerprint density at radius 2 is 2.05 bits per heavy atom. The molecular formula is C17H22Cl2O2. The highest BCUT2D eigenvalue weighted by Crippen LogP contribution is 2.37. The smallest absolute Gasteiger partial charge is 0.169 e. The van der Waals surface area contributed by atoms with E-state index in [0.29, 0.717) is 28.1 Å². The molecule has 1 saturated carbocycles. The zero-order chi connectivity index (χ0) is 15.5. The Balaban J connectivity index is 2.23. The van der Waals surface area contributed by atoms with E-state index in [4.69, 9.17) is 27.9 Å². The molecule has 0 aliphatic heterocycles. The van der Waals surface area contributed by atoms with Crippen LogP contribution in [0.15, 0.2) is 18.2 Å². The van der Waals surface area contributed by atoms with Gasteiger partial charge in [-0.05, 0) is 49.8 Å². The van der Waals surface area contributed by atoms with Crippen molar-refractivity contribution in [1.29, 1.82) is 0 Å². The third-order valence-corrected chi connectivity index (χ3v) is 4.99. The Morgan fingerprint density at radius 3 is 2.62 bits per heavy atom. The minimum absolute atomic E-state index is 0.103. The maximum Gasteiger partial charge on any atom is 0.169 e. The van der Waals surface area contributed by atoms with Crippen LogP contribution in [-0.2, 0) is 16.0 Å². The highest BCUT2D eigenvalue weighted by molar-refractivity contribution is 6.36. The summed E-state index contributed by atoms with van der Waals surface area (Å²) in [7, 11) is 0. The first-order chi connectivity index (χ1) is 9.98. The van der Waals surface area contributed by atoms with E-state index in [9.17, 15) is 4.79 Å². The molecule has 0 spiro atoms. The van der Waals surface area contributed by atoms with Gasteiger partial charge in [0.25, 0.3) is 0 Å². The summed E-state index contributed by atoms with van der Waals surface area (Å²) >= 11 is 12.4. The lowest BCUT2D eigenvalue weighted by Crippen LogP contribution is -2.46. The molecule has 0 heterocycles. The summed E-state index contributed by atoms with van der Waals surface area (Å²) in [5, 5.41) is 1.10. The summed E-state index contributed by atoms with van der Waals surface area (Å²) in [6.45, 7) is 4.67. The molecule has 4 heteroatoms. The van der Waals surface area contributed by atoms with Gasteiger partial charge in [0.1, 0.15) is 5.60 Å². The zero-order valence-corrected chi connectivity index (χ0v) is 14.1. The van der Waals surface area contributed by atoms with E-state index in [0.717, 1.165) is 25.7 Å². The molecule has 1 aromatic carbocycles. The van der Waals surface area contributed by atoms with E-state index in [2.05, 4.69) is 6.92 Å². The van der Waals surface area contributed by atoms with E-state index in [1.807, 2.05) is 6.92 Å². The third kappa shape index (κ3) is 3.80. The quantitative estimate of drug-likeness (QED) is 0.752. The second-order valence-corrected chi connectivity index (χ2v) is 6.74. The fourth-order valence-corrected chi connectivity index (χ4v) is 3.80. The summed E-state index contributed by atoms with van der Waals surface area (Å²) in [4.78, 5) is 12.9. The maximum atomic E-state index is 12.9. The number of rotatable bonds is 5. The first kappa shape index (κ1) is 16.8. The molecule has 1 fully saturated rings. The van der Waals surface area contributed by atoms with Crippen molar-refractivity contribution < 1.29 is 9.53 Å². The molecule has 2 rings (SSSR count). The molecule has 1 aliphatic carbocycles. The Bertz CT molecular complexity index is 491. The lowest BCUT2D eigenvalue weighted by molar-refractivity contribution is -0.150. The number of ketones is 1. The number of carbonyl (C=O) groups is 1. The predicted octanol–water partition coefficient (Wildman–Crippen LogP) is 5.09. The molecule has 0 radical (unpaired) electrons. The molecule has 0 saturated heterocycles. The van der Waals surface area contributed by atoms with Crippen LogP contribution in [0.25, 0.3) is 0 Å². The predicted molar refractivity (Wildman–Crippen MR) is 87.2 cm³/mol. The number of ether oxygens (including phenoxy) is 1. The molecule has 0 amide bonds. The molecule has 2 unspecified atom stereocenters. The van der Waals surface area contributed by atoms with Gasteiger partial charge in [-0.2, -0.15) is 0 Å². The summed E-state index contributed by atoms with van der Waals surface area (Å²) < 4.78 is 5.92. The van der Waals surface area contributed by atoms with Crippen LogP contribution in [0.3, 0.4) is 0 Å². The Labute approximate surface area is 136 Å². The first-order valence-electron chi connectivity index (χ1n) is 7.58. The van der Waals surface area contributed by atoms with E-state index < -0.39 is 5.60 Å². The van der Waals surface area contributed by atoms with Crippen LogP contribution in [0.4, 0.5) is 0 Å². The largest absolute Gasteiger partial charge is 0.367 e. The molecule has 0 aromatic heterocycles. The van der Waals surface area contributed by atoms with Gasteiger partial charge in [0.05, 0.1) is 0 Å². The minimum Gasteiger partial charge on any atom is -0.367 e. The normalized spacial score (nSPS) is 25.8. The summed E-state index contributed by atoms with van der Waals surface area (Å²) in [6.07, 6.45) is 4.02. The Morgan fingerprint density at radius 1 is 1.38 bits per heavy atom. The fraction of sp³-hybridized carbons (Fsp3) is 0.588. The van der Waals surface area contributed by atoms with Crippen LogP contribution in [-0.4, -0.2) is 18.0 Å². The van der Waals surface area contributed by atoms with Crippen molar-refractivity contribution in [2.45, 2.75) is 51.6 Å². The minimum atomic E-state index is -0.658. The summed E-state index contributed by atoms with van der Waals surface area (Å²) in [6, 6.07) is 5.33. The Hall–Kier alpha value is -0.570. The van der Waals surface area contributed by atoms with Gasteiger partial charge >= 0.3 is 0 Å². The van der Waals surface area contributed by atoms with Crippen LogP contribution in [0.5, 0.6) is 0 Å². The van der Waals surface area contributed by atoms with Crippen molar-refractivity contribution >= 4 is 29.0 Å². The average Bonchev–Trinajstić information content (AvgIpc) is 2.43. The summed E-state index contributed by atoms with van der Waals surface area (Å²) in [5.41, 5.74) is 0.0534. The van der Waals surface area contributed by atoms with Crippen molar-refractivity contribution in [3.63, 3.8) is 0 Å². The zero-order valence-electron chi connectivity index (χ0n) is 12.6. The number of hydrogen-bond acceptors (Lipinski definition) is 2. The van der Waals surface area contributed by atoms with Crippen LogP contribution >= 0.6 is 23.2 Å². The topological polar surface area (TPSA) is 26.3 Å². The van der Waals surface area contributed by atoms with Gasteiger partial charge in [-0.3, -0.25) is 4.79 Å². The van der Waals surface area contributed by atoms with Crippen LogP contribution < -0.4 is 0 Å². The van der Waals surface area contributed by atoms with Crippen molar-refractivity contribution in [3.8, 4) is 0 Å². The van der Waals surface area contributed by atoms with E-state index >= 15 is 0 Å². The molecule has 2 atom stereocenters. The molecule has 0 bridgehead atoms. The number of hydrogen-bond donors (Lipinski definition) is 0. The maximum absolute atomic E-state index is 12.9. The van der Waals surface area contributed by atoms with Crippen molar-refractivity contribution in [1.82, 2.24) is 0 Å². The van der Waals surface area contributed by atoms with Crippen LogP contribution in [0, 0.1) is 5.92 Å². The SMILES string of the molecule is CCOC1(C(=O)Cc2c(Cl)cccc2Cl)CCCC(C)C1. The van der Waals surface area contributed by atoms with Gasteiger partial charge in [-0.25, -0.2) is 0 Å². The second-order valence-electron chi connectivity index (χ2n) is 5.93. The third-order valence-electron chi connectivity index (χ3n) is 4.28. The molecule has 2 nitrogen and oxygen atoms in total. The lowest BCUT2D eigenvalue weighted by atomic mass is 9.75. The Kier molecular flexibility index (Phi) is 5.70. The lowest BCUT2D eigenvalue weighted by Gasteiger charge is -2.38. The first-order valence-corrected chi connectivity index (χ1v) is 8.34. The van der Waals surface area contributed by atoms with E-state index in [-0.39, 0.29) is 12.2 Å². The highest BCUT2D eigenvalue weighted by Gasteiger charge is 2.42. The van der Waals surface area contributed by atoms with Gasteiger partial charge in [0, 0.05) is 23.1 Å². The second kappa shape index (κ2) is 7.13.